The van der Waals surface area contributed by atoms with Crippen LogP contribution in [0.2, 0.25) is 5.02 Å². The van der Waals surface area contributed by atoms with Crippen LogP contribution in [0.5, 0.6) is 0 Å². The fourth-order valence-corrected chi connectivity index (χ4v) is 3.90. The van der Waals surface area contributed by atoms with Gasteiger partial charge in [0.1, 0.15) is 11.7 Å². The van der Waals surface area contributed by atoms with E-state index in [1.54, 1.807) is 6.07 Å². The fourth-order valence-electron chi connectivity index (χ4n) is 3.78. The summed E-state index contributed by atoms with van der Waals surface area (Å²) in [6, 6.07) is 13.1. The average Bonchev–Trinajstić information content (AvgIpc) is 2.63. The lowest BCUT2D eigenvalue weighted by molar-refractivity contribution is 0.403. The molecular formula is C20H21ClFN3. The molecule has 0 amide bonds. The number of benzene rings is 2. The molecule has 0 radical (unpaired) electrons. The van der Waals surface area contributed by atoms with Gasteiger partial charge in [0.2, 0.25) is 0 Å². The van der Waals surface area contributed by atoms with Gasteiger partial charge in [0.25, 0.3) is 0 Å². The molecule has 2 aromatic rings. The molecule has 1 aliphatic carbocycles. The van der Waals surface area contributed by atoms with Gasteiger partial charge < -0.3 is 10.6 Å². The second kappa shape index (κ2) is 6.68. The van der Waals surface area contributed by atoms with Crippen LogP contribution in [0.1, 0.15) is 37.7 Å². The second-order valence-electron chi connectivity index (χ2n) is 6.85. The number of anilines is 2. The van der Waals surface area contributed by atoms with Crippen molar-refractivity contribution in [3.63, 3.8) is 0 Å². The van der Waals surface area contributed by atoms with Crippen molar-refractivity contribution >= 4 is 28.8 Å². The first-order chi connectivity index (χ1) is 12.2. The Balaban J connectivity index is 1.66. The SMILES string of the molecule is Fc1cc(CN=C2Nc3ccccc3NC23CCCCC3)ccc1Cl. The van der Waals surface area contributed by atoms with E-state index in [4.69, 9.17) is 16.6 Å². The third-order valence-corrected chi connectivity index (χ3v) is 5.42. The molecule has 0 saturated heterocycles. The first-order valence-electron chi connectivity index (χ1n) is 8.79. The van der Waals surface area contributed by atoms with E-state index < -0.39 is 5.82 Å². The van der Waals surface area contributed by atoms with Crippen molar-refractivity contribution in [2.24, 2.45) is 4.99 Å². The van der Waals surface area contributed by atoms with Crippen LogP contribution in [0.3, 0.4) is 0 Å². The van der Waals surface area contributed by atoms with Crippen LogP contribution in [0.15, 0.2) is 47.5 Å². The lowest BCUT2D eigenvalue weighted by Gasteiger charge is -2.44. The maximum atomic E-state index is 13.7. The predicted molar refractivity (Wildman–Crippen MR) is 102 cm³/mol. The molecule has 4 rings (SSSR count). The highest BCUT2D eigenvalue weighted by Gasteiger charge is 2.40. The van der Waals surface area contributed by atoms with Crippen LogP contribution in [0.25, 0.3) is 0 Å². The van der Waals surface area contributed by atoms with Gasteiger partial charge in [0.15, 0.2) is 0 Å². The van der Waals surface area contributed by atoms with Crippen LogP contribution >= 0.6 is 11.6 Å². The molecule has 1 aliphatic heterocycles. The van der Waals surface area contributed by atoms with E-state index >= 15 is 0 Å². The van der Waals surface area contributed by atoms with Crippen molar-refractivity contribution in [1.29, 1.82) is 0 Å². The fraction of sp³-hybridized carbons (Fsp3) is 0.350. The Labute approximate surface area is 152 Å². The van der Waals surface area contributed by atoms with E-state index in [2.05, 4.69) is 22.8 Å². The molecule has 1 saturated carbocycles. The number of amidine groups is 1. The van der Waals surface area contributed by atoms with Gasteiger partial charge >= 0.3 is 0 Å². The molecule has 2 aliphatic rings. The minimum Gasteiger partial charge on any atom is -0.371 e. The smallest absolute Gasteiger partial charge is 0.142 e. The molecule has 1 spiro atoms. The third-order valence-electron chi connectivity index (χ3n) is 5.12. The van der Waals surface area contributed by atoms with E-state index in [1.807, 2.05) is 18.2 Å². The molecule has 130 valence electrons. The lowest BCUT2D eigenvalue weighted by atomic mass is 9.79. The minimum absolute atomic E-state index is 0.141. The molecule has 2 N–H and O–H groups in total. The van der Waals surface area contributed by atoms with Crippen molar-refractivity contribution < 1.29 is 4.39 Å². The van der Waals surface area contributed by atoms with E-state index in [1.165, 1.54) is 25.3 Å². The second-order valence-corrected chi connectivity index (χ2v) is 7.26. The number of hydrogen-bond acceptors (Lipinski definition) is 2. The van der Waals surface area contributed by atoms with Gasteiger partial charge in [-0.3, -0.25) is 4.99 Å². The quantitative estimate of drug-likeness (QED) is 0.732. The minimum atomic E-state index is -0.396. The van der Waals surface area contributed by atoms with E-state index in [-0.39, 0.29) is 10.6 Å². The number of nitrogens with one attached hydrogen (secondary N) is 2. The van der Waals surface area contributed by atoms with Crippen LogP contribution in [-0.2, 0) is 6.54 Å². The summed E-state index contributed by atoms with van der Waals surface area (Å²) in [5, 5.41) is 7.40. The van der Waals surface area contributed by atoms with Crippen LogP contribution < -0.4 is 10.6 Å². The van der Waals surface area contributed by atoms with E-state index in [0.717, 1.165) is 35.6 Å². The van der Waals surface area contributed by atoms with Crippen LogP contribution in [-0.4, -0.2) is 11.4 Å². The van der Waals surface area contributed by atoms with Gasteiger partial charge in [-0.05, 0) is 42.7 Å². The molecule has 1 fully saturated rings. The monoisotopic (exact) mass is 357 g/mol. The molecule has 0 unspecified atom stereocenters. The topological polar surface area (TPSA) is 36.4 Å². The zero-order valence-electron chi connectivity index (χ0n) is 14.0. The normalized spacial score (nSPS) is 20.0. The zero-order valence-corrected chi connectivity index (χ0v) is 14.7. The van der Waals surface area contributed by atoms with Gasteiger partial charge in [0, 0.05) is 0 Å². The summed E-state index contributed by atoms with van der Waals surface area (Å²) in [7, 11) is 0. The lowest BCUT2D eigenvalue weighted by Crippen LogP contribution is -2.53. The maximum absolute atomic E-state index is 13.7. The molecule has 5 heteroatoms. The average molecular weight is 358 g/mol. The third kappa shape index (κ3) is 3.23. The highest BCUT2D eigenvalue weighted by molar-refractivity contribution is 6.30. The highest BCUT2D eigenvalue weighted by atomic mass is 35.5. The van der Waals surface area contributed by atoms with Crippen molar-refractivity contribution in [2.45, 2.75) is 44.2 Å². The molecule has 3 nitrogen and oxygen atoms in total. The Kier molecular flexibility index (Phi) is 4.38. The number of halogens is 2. The zero-order chi connectivity index (χ0) is 17.3. The summed E-state index contributed by atoms with van der Waals surface area (Å²) in [4.78, 5) is 4.83. The Bertz CT molecular complexity index is 812. The molecule has 0 aromatic heterocycles. The number of fused-ring (bicyclic) bond motifs is 1. The molecule has 1 heterocycles. The van der Waals surface area contributed by atoms with Crippen LogP contribution in [0, 0.1) is 5.82 Å². The van der Waals surface area contributed by atoms with Crippen LogP contribution in [0.4, 0.5) is 15.8 Å². The summed E-state index contributed by atoms with van der Waals surface area (Å²) in [6.07, 6.45) is 5.75. The summed E-state index contributed by atoms with van der Waals surface area (Å²) < 4.78 is 13.7. The van der Waals surface area contributed by atoms with Gasteiger partial charge in [-0.1, -0.05) is 49.1 Å². The standard InChI is InChI=1S/C20H21ClFN3/c21-15-9-8-14(12-16(15)22)13-23-19-20(10-4-1-5-11-20)25-18-7-3-2-6-17(18)24-19/h2-3,6-9,12,25H,1,4-5,10-11,13H2,(H,23,24). The summed E-state index contributed by atoms with van der Waals surface area (Å²) in [5.41, 5.74) is 2.85. The summed E-state index contributed by atoms with van der Waals surface area (Å²) in [5.74, 6) is 0.563. The molecular weight excluding hydrogens is 337 g/mol. The first kappa shape index (κ1) is 16.4. The van der Waals surface area contributed by atoms with Gasteiger partial charge in [-0.15, -0.1) is 0 Å². The van der Waals surface area contributed by atoms with Crippen molar-refractivity contribution in [2.75, 3.05) is 10.6 Å². The Morgan fingerprint density at radius 2 is 1.80 bits per heavy atom. The largest absolute Gasteiger partial charge is 0.371 e. The number of hydrogen-bond donors (Lipinski definition) is 2. The number of nitrogens with zero attached hydrogens (tertiary/aromatic N) is 1. The summed E-state index contributed by atoms with van der Waals surface area (Å²) in [6.45, 7) is 0.433. The van der Waals surface area contributed by atoms with Crippen molar-refractivity contribution in [3.8, 4) is 0 Å². The Morgan fingerprint density at radius 1 is 1.04 bits per heavy atom. The molecule has 0 atom stereocenters. The van der Waals surface area contributed by atoms with Crippen molar-refractivity contribution in [1.82, 2.24) is 0 Å². The highest BCUT2D eigenvalue weighted by Crippen LogP contribution is 2.39. The van der Waals surface area contributed by atoms with E-state index in [9.17, 15) is 4.39 Å². The Morgan fingerprint density at radius 3 is 2.56 bits per heavy atom. The predicted octanol–water partition coefficient (Wildman–Crippen LogP) is 5.62. The number of aliphatic imine (C=N–C) groups is 1. The molecule has 2 aromatic carbocycles. The molecule has 0 bridgehead atoms. The maximum Gasteiger partial charge on any atom is 0.142 e. The number of rotatable bonds is 2. The first-order valence-corrected chi connectivity index (χ1v) is 9.17. The van der Waals surface area contributed by atoms with E-state index in [0.29, 0.717) is 6.54 Å². The Hall–Kier alpha value is -2.07. The van der Waals surface area contributed by atoms with Gasteiger partial charge in [0.05, 0.1) is 28.5 Å². The molecule has 25 heavy (non-hydrogen) atoms. The van der Waals surface area contributed by atoms with Crippen molar-refractivity contribution in [3.05, 3.63) is 58.9 Å². The number of para-hydroxylation sites is 2. The summed E-state index contributed by atoms with van der Waals surface area (Å²) >= 11 is 5.77. The van der Waals surface area contributed by atoms with Gasteiger partial charge in [-0.25, -0.2) is 4.39 Å². The van der Waals surface area contributed by atoms with Gasteiger partial charge in [-0.2, -0.15) is 0 Å².